The van der Waals surface area contributed by atoms with Crippen LogP contribution in [0.1, 0.15) is 35.2 Å². The van der Waals surface area contributed by atoms with Crippen LogP contribution < -0.4 is 11.1 Å². The summed E-state index contributed by atoms with van der Waals surface area (Å²) in [6.45, 7) is 3.64. The molecule has 3 rings (SSSR count). The Labute approximate surface area is 222 Å². The number of esters is 1. The van der Waals surface area contributed by atoms with E-state index < -0.39 is 18.2 Å². The maximum atomic E-state index is 13.2. The predicted molar refractivity (Wildman–Crippen MR) is 141 cm³/mol. The van der Waals surface area contributed by atoms with E-state index in [2.05, 4.69) is 5.32 Å². The Bertz CT molecular complexity index is 1070. The van der Waals surface area contributed by atoms with E-state index in [0.717, 1.165) is 5.56 Å². The number of hydrogen-bond acceptors (Lipinski definition) is 9. The fourth-order valence-electron chi connectivity index (χ4n) is 4.18. The number of para-hydroxylation sites is 2. The first kappa shape index (κ1) is 29.1. The van der Waals surface area contributed by atoms with Crippen LogP contribution in [0, 0.1) is 5.92 Å². The monoisotopic (exact) mass is 528 g/mol. The zero-order valence-corrected chi connectivity index (χ0v) is 21.8. The molecule has 1 heterocycles. The van der Waals surface area contributed by atoms with Crippen molar-refractivity contribution in [1.82, 2.24) is 0 Å². The average molecular weight is 529 g/mol. The smallest absolute Gasteiger partial charge is 0.337 e. The molecule has 0 aliphatic carbocycles. The summed E-state index contributed by atoms with van der Waals surface area (Å²) in [5.41, 5.74) is 8.22. The van der Waals surface area contributed by atoms with Gasteiger partial charge in [-0.3, -0.25) is 4.79 Å². The van der Waals surface area contributed by atoms with Crippen LogP contribution in [0.15, 0.2) is 60.4 Å². The molecule has 1 aliphatic rings. The fraction of sp³-hybridized carbons (Fsp3) is 0.429. The maximum absolute atomic E-state index is 13.2. The number of carbonyl (C=O) groups is 2. The molecule has 10 heteroatoms. The van der Waals surface area contributed by atoms with Gasteiger partial charge in [-0.05, 0) is 49.2 Å². The van der Waals surface area contributed by atoms with Crippen molar-refractivity contribution in [3.8, 4) is 0 Å². The summed E-state index contributed by atoms with van der Waals surface area (Å²) in [4.78, 5) is 25.1. The van der Waals surface area contributed by atoms with E-state index in [9.17, 15) is 9.59 Å². The lowest BCUT2D eigenvalue weighted by Gasteiger charge is -2.37. The van der Waals surface area contributed by atoms with Gasteiger partial charge in [-0.1, -0.05) is 24.3 Å². The number of aliphatic hydroxyl groups excluding tert-OH is 1. The van der Waals surface area contributed by atoms with Gasteiger partial charge in [0.05, 0.1) is 50.5 Å². The number of allylic oxidation sites excluding steroid dienone is 1. The minimum atomic E-state index is -0.710. The largest absolute Gasteiger partial charge is 0.465 e. The normalized spacial score (nSPS) is 18.8. The van der Waals surface area contributed by atoms with Crippen molar-refractivity contribution in [1.29, 1.82) is 0 Å². The van der Waals surface area contributed by atoms with Gasteiger partial charge in [0.2, 0.25) is 6.29 Å². The molecule has 0 bridgehead atoms. The molecular formula is C28H36N2O8. The SMILES string of the molecule is CCOC1OC(C(=O)Nc2ccccc2N)=CC(c2ccc(C(=O)OC)cc2)C1CCOCCOCCO. The molecule has 1 amide bonds. The second-order valence-electron chi connectivity index (χ2n) is 8.55. The highest BCUT2D eigenvalue weighted by atomic mass is 16.7. The minimum absolute atomic E-state index is 0.0367. The predicted octanol–water partition coefficient (Wildman–Crippen LogP) is 3.09. The Morgan fingerprint density at radius 1 is 1.03 bits per heavy atom. The van der Waals surface area contributed by atoms with Crippen molar-refractivity contribution in [2.45, 2.75) is 25.6 Å². The summed E-state index contributed by atoms with van der Waals surface area (Å²) in [5, 5.41) is 11.6. The van der Waals surface area contributed by atoms with Gasteiger partial charge in [0.1, 0.15) is 0 Å². The van der Waals surface area contributed by atoms with Crippen LogP contribution in [-0.4, -0.2) is 70.0 Å². The first-order chi connectivity index (χ1) is 18.5. The van der Waals surface area contributed by atoms with Crippen LogP contribution in [0.4, 0.5) is 11.4 Å². The summed E-state index contributed by atoms with van der Waals surface area (Å²) in [6.07, 6.45) is 1.63. The van der Waals surface area contributed by atoms with Crippen molar-refractivity contribution < 1.29 is 38.4 Å². The van der Waals surface area contributed by atoms with Crippen LogP contribution in [0.3, 0.4) is 0 Å². The molecular weight excluding hydrogens is 492 g/mol. The second kappa shape index (κ2) is 15.1. The first-order valence-electron chi connectivity index (χ1n) is 12.6. The highest BCUT2D eigenvalue weighted by Crippen LogP contribution is 2.39. The Balaban J connectivity index is 1.85. The fourth-order valence-corrected chi connectivity index (χ4v) is 4.18. The van der Waals surface area contributed by atoms with Crippen molar-refractivity contribution in [3.05, 3.63) is 71.5 Å². The van der Waals surface area contributed by atoms with E-state index in [-0.39, 0.29) is 30.8 Å². The van der Waals surface area contributed by atoms with E-state index in [1.165, 1.54) is 7.11 Å². The molecule has 0 radical (unpaired) electrons. The molecule has 206 valence electrons. The van der Waals surface area contributed by atoms with Gasteiger partial charge < -0.3 is 39.8 Å². The highest BCUT2D eigenvalue weighted by Gasteiger charge is 2.38. The van der Waals surface area contributed by atoms with E-state index in [4.69, 9.17) is 34.5 Å². The number of methoxy groups -OCH3 is 1. The number of benzene rings is 2. The Kier molecular flexibility index (Phi) is 11.6. The van der Waals surface area contributed by atoms with E-state index in [1.807, 2.05) is 19.1 Å². The zero-order chi connectivity index (χ0) is 27.3. The van der Waals surface area contributed by atoms with Crippen LogP contribution in [0.2, 0.25) is 0 Å². The second-order valence-corrected chi connectivity index (χ2v) is 8.55. The highest BCUT2D eigenvalue weighted by molar-refractivity contribution is 6.04. The summed E-state index contributed by atoms with van der Waals surface area (Å²) in [7, 11) is 1.33. The Morgan fingerprint density at radius 3 is 2.39 bits per heavy atom. The molecule has 10 nitrogen and oxygen atoms in total. The molecule has 0 saturated carbocycles. The zero-order valence-electron chi connectivity index (χ0n) is 21.8. The molecule has 3 atom stereocenters. The van der Waals surface area contributed by atoms with Gasteiger partial charge in [-0.15, -0.1) is 0 Å². The molecule has 2 aromatic rings. The van der Waals surface area contributed by atoms with Crippen LogP contribution in [0.25, 0.3) is 0 Å². The van der Waals surface area contributed by atoms with E-state index >= 15 is 0 Å². The molecule has 0 saturated heterocycles. The van der Waals surface area contributed by atoms with Crippen LogP contribution in [0.5, 0.6) is 0 Å². The standard InChI is InChI=1S/C28H36N2O8/c1-3-37-28-21(12-14-35-16-17-36-15-13-31)22(19-8-10-20(11-9-19)27(33)34-2)18-25(38-28)26(32)30-24-7-5-4-6-23(24)29/h4-11,18,21-22,28,31H,3,12-17,29H2,1-2H3,(H,30,32). The number of hydrogen-bond donors (Lipinski definition) is 3. The van der Waals surface area contributed by atoms with Crippen molar-refractivity contribution in [3.63, 3.8) is 0 Å². The van der Waals surface area contributed by atoms with Gasteiger partial charge >= 0.3 is 5.97 Å². The Morgan fingerprint density at radius 2 is 1.74 bits per heavy atom. The lowest BCUT2D eigenvalue weighted by atomic mass is 9.81. The third-order valence-electron chi connectivity index (χ3n) is 6.07. The molecule has 4 N–H and O–H groups in total. The molecule has 2 aromatic carbocycles. The molecule has 0 fully saturated rings. The number of nitrogen functional groups attached to an aromatic ring is 1. The quantitative estimate of drug-likeness (QED) is 0.192. The number of anilines is 2. The first-order valence-corrected chi connectivity index (χ1v) is 12.6. The average Bonchev–Trinajstić information content (AvgIpc) is 2.94. The molecule has 1 aliphatic heterocycles. The third-order valence-corrected chi connectivity index (χ3v) is 6.07. The van der Waals surface area contributed by atoms with Gasteiger partial charge in [-0.2, -0.15) is 0 Å². The van der Waals surface area contributed by atoms with Crippen molar-refractivity contribution in [2.24, 2.45) is 5.92 Å². The summed E-state index contributed by atoms with van der Waals surface area (Å²) < 4.78 is 27.8. The van der Waals surface area contributed by atoms with Crippen molar-refractivity contribution >= 4 is 23.3 Å². The Hall–Kier alpha value is -3.44. The summed E-state index contributed by atoms with van der Waals surface area (Å²) >= 11 is 0. The number of nitrogens with two attached hydrogens (primary N) is 1. The van der Waals surface area contributed by atoms with Crippen molar-refractivity contribution in [2.75, 3.05) is 57.8 Å². The lowest BCUT2D eigenvalue weighted by molar-refractivity contribution is -0.166. The number of carbonyl (C=O) groups excluding carboxylic acids is 2. The van der Waals surface area contributed by atoms with Gasteiger partial charge in [0.25, 0.3) is 5.91 Å². The molecule has 3 unspecified atom stereocenters. The summed E-state index contributed by atoms with van der Waals surface area (Å²) in [6, 6.07) is 14.0. The molecule has 0 spiro atoms. The number of ether oxygens (including phenoxy) is 5. The molecule has 0 aromatic heterocycles. The number of rotatable bonds is 14. The molecule has 38 heavy (non-hydrogen) atoms. The van der Waals surface area contributed by atoms with E-state index in [0.29, 0.717) is 49.8 Å². The number of amides is 1. The topological polar surface area (TPSA) is 139 Å². The van der Waals surface area contributed by atoms with Crippen LogP contribution >= 0.6 is 0 Å². The summed E-state index contributed by atoms with van der Waals surface area (Å²) in [5.74, 6) is -1.21. The van der Waals surface area contributed by atoms with E-state index in [1.54, 1.807) is 42.5 Å². The maximum Gasteiger partial charge on any atom is 0.337 e. The van der Waals surface area contributed by atoms with Gasteiger partial charge in [-0.25, -0.2) is 4.79 Å². The minimum Gasteiger partial charge on any atom is -0.465 e. The van der Waals surface area contributed by atoms with Gasteiger partial charge in [0, 0.05) is 25.0 Å². The van der Waals surface area contributed by atoms with Gasteiger partial charge in [0.15, 0.2) is 5.76 Å². The third kappa shape index (κ3) is 8.03. The lowest BCUT2D eigenvalue weighted by Crippen LogP contribution is -2.38. The van der Waals surface area contributed by atoms with Crippen LogP contribution in [-0.2, 0) is 28.5 Å². The number of nitrogens with one attached hydrogen (secondary N) is 1. The number of aliphatic hydroxyl groups is 1.